The van der Waals surface area contributed by atoms with Crippen LogP contribution in [0.3, 0.4) is 0 Å². The van der Waals surface area contributed by atoms with Crippen LogP contribution < -0.4 is 26.0 Å². The van der Waals surface area contributed by atoms with Gasteiger partial charge in [-0.05, 0) is 48.7 Å². The first-order chi connectivity index (χ1) is 18.8. The lowest BCUT2D eigenvalue weighted by atomic mass is 10.1. The summed E-state index contributed by atoms with van der Waals surface area (Å²) in [6.07, 6.45) is 0. The van der Waals surface area contributed by atoms with Gasteiger partial charge in [0.15, 0.2) is 11.5 Å². The van der Waals surface area contributed by atoms with E-state index in [2.05, 4.69) is 5.32 Å². The molecule has 0 aliphatic heterocycles. The number of ether oxygens (including phenoxy) is 3. The number of hydrogen-bond acceptors (Lipinski definition) is 6. The molecule has 0 fully saturated rings. The van der Waals surface area contributed by atoms with Crippen LogP contribution in [0.5, 0.6) is 11.5 Å². The van der Waals surface area contributed by atoms with E-state index in [0.717, 1.165) is 16.7 Å². The van der Waals surface area contributed by atoms with Gasteiger partial charge in [-0.2, -0.15) is 0 Å². The molecule has 0 spiro atoms. The fourth-order valence-corrected chi connectivity index (χ4v) is 4.49. The third-order valence-corrected chi connectivity index (χ3v) is 6.71. The number of rotatable bonds is 10. The Hall–Kier alpha value is -4.37. The van der Waals surface area contributed by atoms with E-state index in [0.29, 0.717) is 46.7 Å². The smallest absolute Gasteiger partial charge is 0.332 e. The zero-order chi connectivity index (χ0) is 28.1. The monoisotopic (exact) mass is 531 g/mol. The first-order valence-corrected chi connectivity index (χ1v) is 12.6. The molecular formula is C30H33N3O6. The molecule has 0 unspecified atom stereocenters. The van der Waals surface area contributed by atoms with Crippen molar-refractivity contribution >= 4 is 16.8 Å². The van der Waals surface area contributed by atoms with E-state index >= 15 is 0 Å². The van der Waals surface area contributed by atoms with Crippen molar-refractivity contribution in [1.82, 2.24) is 14.5 Å². The highest BCUT2D eigenvalue weighted by atomic mass is 16.5. The second-order valence-electron chi connectivity index (χ2n) is 9.36. The van der Waals surface area contributed by atoms with Gasteiger partial charge in [-0.1, -0.05) is 35.9 Å². The number of hydrogen-bond donors (Lipinski definition) is 1. The maximum atomic E-state index is 13.9. The highest BCUT2D eigenvalue weighted by Gasteiger charge is 2.18. The fraction of sp³-hybridized carbons (Fsp3) is 0.300. The summed E-state index contributed by atoms with van der Waals surface area (Å²) in [5, 5.41) is 3.11. The van der Waals surface area contributed by atoms with Crippen molar-refractivity contribution < 1.29 is 19.0 Å². The first kappa shape index (κ1) is 27.7. The molecule has 0 saturated carbocycles. The maximum Gasteiger partial charge on any atom is 0.332 e. The number of carbonyl (C=O) groups is 1. The molecule has 39 heavy (non-hydrogen) atoms. The molecule has 0 aliphatic carbocycles. The lowest BCUT2D eigenvalue weighted by molar-refractivity contribution is 0.0937. The Morgan fingerprint density at radius 1 is 0.846 bits per heavy atom. The molecule has 0 aliphatic rings. The Balaban J connectivity index is 1.81. The molecule has 9 nitrogen and oxygen atoms in total. The van der Waals surface area contributed by atoms with Gasteiger partial charge in [0.25, 0.3) is 11.5 Å². The Morgan fingerprint density at radius 3 is 2.21 bits per heavy atom. The summed E-state index contributed by atoms with van der Waals surface area (Å²) in [6.45, 7) is 5.13. The number of fused-ring (bicyclic) bond motifs is 1. The molecule has 0 radical (unpaired) electrons. The molecule has 204 valence electrons. The van der Waals surface area contributed by atoms with Crippen LogP contribution in [0.25, 0.3) is 10.9 Å². The minimum atomic E-state index is -0.443. The number of nitrogens with zero attached hydrogens (tertiary/aromatic N) is 2. The summed E-state index contributed by atoms with van der Waals surface area (Å²) in [5.74, 6) is 0.600. The number of aromatic nitrogens is 2. The van der Waals surface area contributed by atoms with Gasteiger partial charge in [0, 0.05) is 25.3 Å². The van der Waals surface area contributed by atoms with Gasteiger partial charge in [-0.25, -0.2) is 4.79 Å². The van der Waals surface area contributed by atoms with Crippen molar-refractivity contribution in [1.29, 1.82) is 0 Å². The zero-order valence-electron chi connectivity index (χ0n) is 22.9. The Labute approximate surface area is 226 Å². The summed E-state index contributed by atoms with van der Waals surface area (Å²) < 4.78 is 18.7. The van der Waals surface area contributed by atoms with Crippen LogP contribution in [0.1, 0.15) is 32.6 Å². The van der Waals surface area contributed by atoms with Gasteiger partial charge in [0.2, 0.25) is 0 Å². The van der Waals surface area contributed by atoms with Crippen LogP contribution in [-0.4, -0.2) is 49.5 Å². The van der Waals surface area contributed by atoms with E-state index in [1.165, 1.54) is 18.8 Å². The third kappa shape index (κ3) is 5.88. The van der Waals surface area contributed by atoms with E-state index in [9.17, 15) is 14.4 Å². The van der Waals surface area contributed by atoms with Crippen molar-refractivity contribution in [2.45, 2.75) is 26.9 Å². The SMILES string of the molecule is COCCNC(=O)c1ccc(Cn2c(=O)c3cc(OC)c(OC)cc3n(Cc3cc(C)ccc3C)c2=O)cc1. The quantitative estimate of drug-likeness (QED) is 0.315. The van der Waals surface area contributed by atoms with Crippen LogP contribution in [0.15, 0.2) is 64.2 Å². The molecule has 4 aromatic rings. The van der Waals surface area contributed by atoms with Crippen LogP contribution in [0, 0.1) is 13.8 Å². The molecule has 0 saturated heterocycles. The predicted octanol–water partition coefficient (Wildman–Crippen LogP) is 3.27. The van der Waals surface area contributed by atoms with E-state index in [1.807, 2.05) is 32.0 Å². The molecule has 1 N–H and O–H groups in total. The van der Waals surface area contributed by atoms with Gasteiger partial charge in [0.05, 0.1) is 44.8 Å². The van der Waals surface area contributed by atoms with Gasteiger partial charge >= 0.3 is 5.69 Å². The summed E-state index contributed by atoms with van der Waals surface area (Å²) >= 11 is 0. The second-order valence-corrected chi connectivity index (χ2v) is 9.36. The van der Waals surface area contributed by atoms with E-state index in [-0.39, 0.29) is 19.0 Å². The Kier molecular flexibility index (Phi) is 8.51. The second kappa shape index (κ2) is 12.0. The molecule has 3 aromatic carbocycles. The summed E-state index contributed by atoms with van der Waals surface area (Å²) in [6, 6.07) is 16.2. The van der Waals surface area contributed by atoms with Crippen LogP contribution in [0.4, 0.5) is 0 Å². The summed E-state index contributed by atoms with van der Waals surface area (Å²) in [5.41, 5.74) is 3.86. The van der Waals surface area contributed by atoms with Gasteiger partial charge in [-0.15, -0.1) is 0 Å². The predicted molar refractivity (Wildman–Crippen MR) is 150 cm³/mol. The van der Waals surface area contributed by atoms with Gasteiger partial charge < -0.3 is 19.5 Å². The largest absolute Gasteiger partial charge is 0.493 e. The van der Waals surface area contributed by atoms with E-state index < -0.39 is 11.2 Å². The zero-order valence-corrected chi connectivity index (χ0v) is 22.9. The van der Waals surface area contributed by atoms with Crippen molar-refractivity contribution in [2.24, 2.45) is 0 Å². The van der Waals surface area contributed by atoms with Gasteiger partial charge in [-0.3, -0.25) is 18.7 Å². The van der Waals surface area contributed by atoms with Crippen LogP contribution >= 0.6 is 0 Å². The van der Waals surface area contributed by atoms with Gasteiger partial charge in [0.1, 0.15) is 0 Å². The molecule has 9 heteroatoms. The molecule has 1 aromatic heterocycles. The minimum absolute atomic E-state index is 0.0420. The van der Waals surface area contributed by atoms with Crippen LogP contribution in [-0.2, 0) is 17.8 Å². The average molecular weight is 532 g/mol. The highest BCUT2D eigenvalue weighted by molar-refractivity contribution is 5.94. The Morgan fingerprint density at radius 2 is 1.54 bits per heavy atom. The third-order valence-electron chi connectivity index (χ3n) is 6.71. The molecular weight excluding hydrogens is 498 g/mol. The van der Waals surface area contributed by atoms with Crippen molar-refractivity contribution in [3.63, 3.8) is 0 Å². The van der Waals surface area contributed by atoms with E-state index in [1.54, 1.807) is 48.1 Å². The first-order valence-electron chi connectivity index (χ1n) is 12.6. The number of carbonyl (C=O) groups excluding carboxylic acids is 1. The molecule has 1 amide bonds. The number of aryl methyl sites for hydroxylation is 2. The van der Waals surface area contributed by atoms with E-state index in [4.69, 9.17) is 14.2 Å². The van der Waals surface area contributed by atoms with Crippen LogP contribution in [0.2, 0.25) is 0 Å². The number of nitrogens with one attached hydrogen (secondary N) is 1. The Bertz CT molecular complexity index is 1620. The molecule has 1 heterocycles. The highest BCUT2D eigenvalue weighted by Crippen LogP contribution is 2.30. The van der Waals surface area contributed by atoms with Crippen molar-refractivity contribution in [3.8, 4) is 11.5 Å². The minimum Gasteiger partial charge on any atom is -0.493 e. The lowest BCUT2D eigenvalue weighted by Crippen LogP contribution is -2.40. The summed E-state index contributed by atoms with van der Waals surface area (Å²) in [7, 11) is 4.58. The standard InChI is InChI=1S/C30H33N3O6/c1-19-6-7-20(2)23(14-19)18-32-25-16-27(39-5)26(38-4)15-24(25)29(35)33(30(32)36)17-21-8-10-22(11-9-21)28(34)31-12-13-37-3/h6-11,14-16H,12-13,17-18H2,1-5H3,(H,31,34). The molecule has 4 rings (SSSR count). The topological polar surface area (TPSA) is 101 Å². The maximum absolute atomic E-state index is 13.9. The lowest BCUT2D eigenvalue weighted by Gasteiger charge is -2.17. The number of methoxy groups -OCH3 is 3. The molecule has 0 atom stereocenters. The van der Waals surface area contributed by atoms with Crippen molar-refractivity contribution in [2.75, 3.05) is 34.5 Å². The average Bonchev–Trinajstić information content (AvgIpc) is 2.94. The normalized spacial score (nSPS) is 11.0. The summed E-state index contributed by atoms with van der Waals surface area (Å²) in [4.78, 5) is 39.8. The molecule has 0 bridgehead atoms. The number of amides is 1. The van der Waals surface area contributed by atoms with Crippen molar-refractivity contribution in [3.05, 3.63) is 103 Å². The fourth-order valence-electron chi connectivity index (χ4n) is 4.49. The number of benzene rings is 3.